The first-order chi connectivity index (χ1) is 23.5. The third-order valence-corrected chi connectivity index (χ3v) is 10.5. The standard InChI is InChI=1S/C38H58N4O7S.ClH/c1-11-24(6)29(19-32(44)34(39-9)23(4)5)37(46)42(10)31(22(2)3)20-33(49-26(8)43)36-41-30(21-50-36)35(45)40-28(17-25(7)38(47)48)18-27-15-13-12-14-16-27;/h12-16,21-25,28-29,31,33-34,39H,11,17-20H2,1-10H3,(H,40,45)(H,47,48);1H/t24-,25?,28+,29-,31+,33+,34-;/m0./s1. The highest BCUT2D eigenvalue weighted by Crippen LogP contribution is 2.32. The maximum absolute atomic E-state index is 14.1. The van der Waals surface area contributed by atoms with Gasteiger partial charge in [-0.15, -0.1) is 23.7 Å². The van der Waals surface area contributed by atoms with Crippen LogP contribution in [0, 0.1) is 29.6 Å². The largest absolute Gasteiger partial charge is 0.481 e. The molecular weight excluding hydrogens is 692 g/mol. The normalized spacial score (nSPS) is 15.5. The molecule has 0 radical (unpaired) electrons. The van der Waals surface area contributed by atoms with E-state index in [2.05, 4.69) is 15.6 Å². The van der Waals surface area contributed by atoms with Gasteiger partial charge in [0.25, 0.3) is 5.91 Å². The van der Waals surface area contributed by atoms with Gasteiger partial charge in [-0.25, -0.2) is 4.98 Å². The van der Waals surface area contributed by atoms with Crippen molar-refractivity contribution in [2.75, 3.05) is 14.1 Å². The Morgan fingerprint density at radius 1 is 0.980 bits per heavy atom. The number of amides is 2. The second-order valence-corrected chi connectivity index (χ2v) is 15.1. The number of benzene rings is 1. The van der Waals surface area contributed by atoms with E-state index in [1.165, 1.54) is 18.3 Å². The predicted octanol–water partition coefficient (Wildman–Crippen LogP) is 6.36. The van der Waals surface area contributed by atoms with Crippen LogP contribution >= 0.6 is 23.7 Å². The Hall–Kier alpha value is -3.35. The Morgan fingerprint density at radius 3 is 2.12 bits per heavy atom. The van der Waals surface area contributed by atoms with Gasteiger partial charge in [0, 0.05) is 50.2 Å². The fraction of sp³-hybridized carbons (Fsp3) is 0.632. The monoisotopic (exact) mass is 750 g/mol. The Bertz CT molecular complexity index is 1420. The lowest BCUT2D eigenvalue weighted by Crippen LogP contribution is -2.47. The van der Waals surface area contributed by atoms with E-state index in [1.54, 1.807) is 31.3 Å². The SMILES string of the molecule is CC[C@H](C)[C@H](CC(=O)[C@@H](NC)C(C)C)C(=O)N(C)[C@H](C[C@@H](OC(C)=O)c1nc(C(=O)N[C@@H](Cc2ccccc2)CC(C)C(=O)O)cs1)C(C)C.Cl. The summed E-state index contributed by atoms with van der Waals surface area (Å²) in [5.41, 5.74) is 1.10. The Labute approximate surface area is 314 Å². The van der Waals surface area contributed by atoms with Crippen molar-refractivity contribution in [3.05, 3.63) is 52.0 Å². The Morgan fingerprint density at radius 2 is 1.61 bits per heavy atom. The van der Waals surface area contributed by atoms with Crippen molar-refractivity contribution in [3.8, 4) is 0 Å². The molecule has 0 saturated heterocycles. The highest BCUT2D eigenvalue weighted by Gasteiger charge is 2.37. The van der Waals surface area contributed by atoms with Crippen LogP contribution in [0.25, 0.3) is 0 Å². The summed E-state index contributed by atoms with van der Waals surface area (Å²) < 4.78 is 5.76. The van der Waals surface area contributed by atoms with Gasteiger partial charge in [-0.2, -0.15) is 0 Å². The minimum atomic E-state index is -0.944. The van der Waals surface area contributed by atoms with Crippen LogP contribution in [0.2, 0.25) is 0 Å². The maximum Gasteiger partial charge on any atom is 0.306 e. The number of nitrogens with one attached hydrogen (secondary N) is 2. The van der Waals surface area contributed by atoms with Crippen molar-refractivity contribution in [3.63, 3.8) is 0 Å². The number of hydrogen-bond acceptors (Lipinski definition) is 9. The third-order valence-electron chi connectivity index (χ3n) is 9.52. The van der Waals surface area contributed by atoms with Crippen LogP contribution in [0.1, 0.15) is 108 Å². The molecule has 0 aliphatic rings. The summed E-state index contributed by atoms with van der Waals surface area (Å²) in [6, 6.07) is 8.36. The minimum Gasteiger partial charge on any atom is -0.481 e. The maximum atomic E-state index is 14.1. The van der Waals surface area contributed by atoms with Gasteiger partial charge < -0.3 is 25.4 Å². The number of carbonyl (C=O) groups is 5. The van der Waals surface area contributed by atoms with Crippen LogP contribution in [0.3, 0.4) is 0 Å². The number of rotatable bonds is 21. The summed E-state index contributed by atoms with van der Waals surface area (Å²) in [5.74, 6) is -3.21. The third kappa shape index (κ3) is 14.0. The molecule has 2 rings (SSSR count). The minimum absolute atomic E-state index is 0. The Balaban J connectivity index is 0.0000130. The summed E-state index contributed by atoms with van der Waals surface area (Å²) in [7, 11) is 3.50. The van der Waals surface area contributed by atoms with Gasteiger partial charge in [0.15, 0.2) is 11.9 Å². The molecule has 11 nitrogen and oxygen atoms in total. The van der Waals surface area contributed by atoms with Gasteiger partial charge in [-0.05, 0) is 43.2 Å². The van der Waals surface area contributed by atoms with Gasteiger partial charge in [0.05, 0.1) is 12.0 Å². The van der Waals surface area contributed by atoms with E-state index < -0.39 is 41.8 Å². The molecule has 0 spiro atoms. The smallest absolute Gasteiger partial charge is 0.306 e. The summed E-state index contributed by atoms with van der Waals surface area (Å²) in [6.45, 7) is 14.9. The fourth-order valence-electron chi connectivity index (χ4n) is 6.37. The first-order valence-corrected chi connectivity index (χ1v) is 18.5. The van der Waals surface area contributed by atoms with Gasteiger partial charge in [-0.1, -0.05) is 85.2 Å². The zero-order chi connectivity index (χ0) is 37.7. The van der Waals surface area contributed by atoms with Crippen molar-refractivity contribution in [1.29, 1.82) is 0 Å². The number of thiazole rings is 1. The molecule has 0 saturated carbocycles. The van der Waals surface area contributed by atoms with E-state index in [9.17, 15) is 29.1 Å². The number of hydrogen-bond donors (Lipinski definition) is 3. The summed E-state index contributed by atoms with van der Waals surface area (Å²) in [4.78, 5) is 71.1. The summed E-state index contributed by atoms with van der Waals surface area (Å²) in [6.07, 6.45) is 0.957. The van der Waals surface area contributed by atoms with E-state index in [0.29, 0.717) is 11.4 Å². The van der Waals surface area contributed by atoms with Crippen LogP contribution in [0.15, 0.2) is 35.7 Å². The zero-order valence-electron chi connectivity index (χ0n) is 31.8. The second kappa shape index (κ2) is 21.9. The molecular formula is C38H59ClN4O7S. The molecule has 1 unspecified atom stereocenters. The lowest BCUT2D eigenvalue weighted by atomic mass is 9.82. The van der Waals surface area contributed by atoms with Crippen molar-refractivity contribution >= 4 is 53.3 Å². The second-order valence-electron chi connectivity index (χ2n) is 14.2. The number of ether oxygens (including phenoxy) is 1. The van der Waals surface area contributed by atoms with Crippen LogP contribution in [-0.2, 0) is 30.3 Å². The molecule has 13 heteroatoms. The molecule has 0 bridgehead atoms. The van der Waals surface area contributed by atoms with E-state index in [-0.39, 0.29) is 78.9 Å². The van der Waals surface area contributed by atoms with Gasteiger partial charge in [-0.3, -0.25) is 24.0 Å². The topological polar surface area (TPSA) is 155 Å². The number of halogens is 1. The fourth-order valence-corrected chi connectivity index (χ4v) is 7.21. The van der Waals surface area contributed by atoms with Crippen LogP contribution in [0.4, 0.5) is 0 Å². The molecule has 1 heterocycles. The summed E-state index contributed by atoms with van der Waals surface area (Å²) in [5, 5.41) is 17.6. The number of carbonyl (C=O) groups excluding carboxylic acids is 4. The predicted molar refractivity (Wildman–Crippen MR) is 203 cm³/mol. The van der Waals surface area contributed by atoms with E-state index in [1.807, 2.05) is 71.9 Å². The van der Waals surface area contributed by atoms with E-state index in [0.717, 1.165) is 12.0 Å². The van der Waals surface area contributed by atoms with Gasteiger partial charge >= 0.3 is 11.9 Å². The van der Waals surface area contributed by atoms with E-state index >= 15 is 0 Å². The average Bonchev–Trinajstić information content (AvgIpc) is 3.55. The molecule has 0 aliphatic heterocycles. The molecule has 7 atom stereocenters. The average molecular weight is 751 g/mol. The van der Waals surface area contributed by atoms with Crippen molar-refractivity contribution in [1.82, 2.24) is 20.5 Å². The molecule has 3 N–H and O–H groups in total. The van der Waals surface area contributed by atoms with E-state index in [4.69, 9.17) is 4.74 Å². The molecule has 2 aromatic rings. The molecule has 0 fully saturated rings. The number of carboxylic acid groups (broad SMARTS) is 1. The number of aliphatic carboxylic acids is 1. The van der Waals surface area contributed by atoms with Crippen LogP contribution in [-0.4, -0.2) is 76.7 Å². The first kappa shape index (κ1) is 45.7. The molecule has 286 valence electrons. The highest BCUT2D eigenvalue weighted by atomic mass is 35.5. The highest BCUT2D eigenvalue weighted by molar-refractivity contribution is 7.09. The number of likely N-dealkylation sites (N-methyl/N-ethyl adjacent to an activating group) is 1. The number of aromatic nitrogens is 1. The quantitative estimate of drug-likeness (QED) is 0.124. The molecule has 0 aliphatic carbocycles. The Kier molecular flexibility index (Phi) is 19.6. The number of esters is 1. The molecule has 2 amide bonds. The number of carboxylic acids is 1. The molecule has 1 aromatic carbocycles. The zero-order valence-corrected chi connectivity index (χ0v) is 33.4. The van der Waals surface area contributed by atoms with Crippen molar-refractivity contribution < 1.29 is 33.8 Å². The lowest BCUT2D eigenvalue weighted by molar-refractivity contribution is -0.149. The van der Waals surface area contributed by atoms with Gasteiger partial charge in [0.2, 0.25) is 5.91 Å². The first-order valence-electron chi connectivity index (χ1n) is 17.7. The van der Waals surface area contributed by atoms with Crippen LogP contribution in [0.5, 0.6) is 0 Å². The summed E-state index contributed by atoms with van der Waals surface area (Å²) >= 11 is 1.18. The van der Waals surface area contributed by atoms with Gasteiger partial charge in [0.1, 0.15) is 10.7 Å². The lowest BCUT2D eigenvalue weighted by Gasteiger charge is -2.37. The van der Waals surface area contributed by atoms with Crippen molar-refractivity contribution in [2.24, 2.45) is 29.6 Å². The molecule has 51 heavy (non-hydrogen) atoms. The number of ketones is 1. The van der Waals surface area contributed by atoms with Crippen molar-refractivity contribution in [2.45, 2.75) is 112 Å². The van der Waals surface area contributed by atoms with Crippen LogP contribution < -0.4 is 10.6 Å². The molecule has 1 aromatic heterocycles. The number of nitrogens with zero attached hydrogens (tertiary/aromatic N) is 2. The number of Topliss-reactive ketones (excluding diaryl/α,β-unsaturated/α-hetero) is 1.